The summed E-state index contributed by atoms with van der Waals surface area (Å²) >= 11 is 0. The summed E-state index contributed by atoms with van der Waals surface area (Å²) in [5.74, 6) is 0. The van der Waals surface area contributed by atoms with E-state index in [-0.39, 0.29) is 6.61 Å². The zero-order valence-electron chi connectivity index (χ0n) is 18.1. The zero-order valence-corrected chi connectivity index (χ0v) is 18.1. The highest BCUT2D eigenvalue weighted by Crippen LogP contribution is 2.23. The van der Waals surface area contributed by atoms with E-state index in [1.54, 1.807) is 12.3 Å². The molecule has 3 aromatic rings. The summed E-state index contributed by atoms with van der Waals surface area (Å²) in [6, 6.07) is 20.3. The molecule has 0 bridgehead atoms. The molecule has 0 N–H and O–H groups in total. The first-order chi connectivity index (χ1) is 14.6. The molecule has 30 heavy (non-hydrogen) atoms. The molecule has 0 amide bonds. The van der Waals surface area contributed by atoms with Gasteiger partial charge in [0, 0.05) is 47.0 Å². The first-order valence-electron chi connectivity index (χ1n) is 10.3. The second-order valence-corrected chi connectivity index (χ2v) is 7.13. The predicted octanol–water partition coefficient (Wildman–Crippen LogP) is 5.36. The van der Waals surface area contributed by atoms with Crippen LogP contribution < -0.4 is 4.90 Å². The van der Waals surface area contributed by atoms with Crippen molar-refractivity contribution >= 4 is 11.9 Å². The van der Waals surface area contributed by atoms with Gasteiger partial charge in [-0.15, -0.1) is 0 Å². The van der Waals surface area contributed by atoms with E-state index in [1.165, 1.54) is 5.69 Å². The van der Waals surface area contributed by atoms with Crippen LogP contribution >= 0.6 is 0 Å². The summed E-state index contributed by atoms with van der Waals surface area (Å²) in [5.41, 5.74) is 7.06. The van der Waals surface area contributed by atoms with E-state index in [4.69, 9.17) is 10.1 Å². The molecular weight excluding hydrogens is 372 g/mol. The van der Waals surface area contributed by atoms with E-state index in [0.29, 0.717) is 5.56 Å². The molecule has 0 unspecified atom stereocenters. The minimum Gasteiger partial charge on any atom is -0.391 e. The fourth-order valence-corrected chi connectivity index (χ4v) is 3.67. The fourth-order valence-electron chi connectivity index (χ4n) is 3.67. The van der Waals surface area contributed by atoms with Gasteiger partial charge in [0.2, 0.25) is 0 Å². The van der Waals surface area contributed by atoms with Gasteiger partial charge in [-0.25, -0.2) is 0 Å². The van der Waals surface area contributed by atoms with E-state index in [2.05, 4.69) is 78.7 Å². The zero-order chi connectivity index (χ0) is 21.5. The maximum absolute atomic E-state index is 9.16. The quantitative estimate of drug-likeness (QED) is 0.378. The fraction of sp³-hybridized carbons (Fsp3) is 0.280. The molecule has 0 fully saturated rings. The van der Waals surface area contributed by atoms with E-state index < -0.39 is 0 Å². The summed E-state index contributed by atoms with van der Waals surface area (Å²) in [6.45, 7) is 10.8. The van der Waals surface area contributed by atoms with E-state index >= 15 is 0 Å². The van der Waals surface area contributed by atoms with Crippen LogP contribution in [-0.2, 0) is 11.4 Å². The molecule has 2 aromatic carbocycles. The Kier molecular flexibility index (Phi) is 6.92. The molecule has 0 atom stereocenters. The average molecular weight is 401 g/mol. The number of anilines is 1. The largest absolute Gasteiger partial charge is 0.391 e. The van der Waals surface area contributed by atoms with E-state index in [9.17, 15) is 0 Å². The molecule has 0 saturated carbocycles. The van der Waals surface area contributed by atoms with Gasteiger partial charge in [0.1, 0.15) is 6.61 Å². The van der Waals surface area contributed by atoms with Crippen molar-refractivity contribution in [2.75, 3.05) is 18.0 Å². The lowest BCUT2D eigenvalue weighted by Crippen LogP contribution is -2.21. The van der Waals surface area contributed by atoms with Gasteiger partial charge in [-0.1, -0.05) is 23.4 Å². The van der Waals surface area contributed by atoms with Crippen LogP contribution in [0.1, 0.15) is 41.9 Å². The van der Waals surface area contributed by atoms with Gasteiger partial charge in [-0.05, 0) is 64.1 Å². The third-order valence-corrected chi connectivity index (χ3v) is 5.33. The number of nitriles is 1. The Balaban J connectivity index is 1.74. The van der Waals surface area contributed by atoms with Gasteiger partial charge in [0.25, 0.3) is 0 Å². The molecule has 0 spiro atoms. The highest BCUT2D eigenvalue weighted by molar-refractivity contribution is 5.81. The molecular formula is C25H28N4O. The summed E-state index contributed by atoms with van der Waals surface area (Å²) in [7, 11) is 0. The summed E-state index contributed by atoms with van der Waals surface area (Å²) in [6.07, 6.45) is 1.73. The third kappa shape index (κ3) is 4.55. The van der Waals surface area contributed by atoms with Crippen molar-refractivity contribution in [3.63, 3.8) is 0 Å². The van der Waals surface area contributed by atoms with Crippen molar-refractivity contribution in [3.05, 3.63) is 82.7 Å². The molecule has 3 rings (SSSR count). The summed E-state index contributed by atoms with van der Waals surface area (Å²) in [5, 5.41) is 13.3. The van der Waals surface area contributed by atoms with Crippen LogP contribution in [0.3, 0.4) is 0 Å². The molecule has 154 valence electrons. The lowest BCUT2D eigenvalue weighted by molar-refractivity contribution is 0.132. The van der Waals surface area contributed by atoms with Crippen LogP contribution in [0.15, 0.2) is 59.8 Å². The number of benzene rings is 2. The van der Waals surface area contributed by atoms with Crippen molar-refractivity contribution in [3.8, 4) is 11.8 Å². The number of aromatic nitrogens is 1. The minimum absolute atomic E-state index is 0.270. The monoisotopic (exact) mass is 400 g/mol. The van der Waals surface area contributed by atoms with Crippen LogP contribution in [-0.4, -0.2) is 23.9 Å². The third-order valence-electron chi connectivity index (χ3n) is 5.33. The Morgan fingerprint density at radius 2 is 1.77 bits per heavy atom. The van der Waals surface area contributed by atoms with Crippen LogP contribution in [0, 0.1) is 25.2 Å². The van der Waals surface area contributed by atoms with Crippen molar-refractivity contribution < 1.29 is 4.84 Å². The van der Waals surface area contributed by atoms with Gasteiger partial charge in [0.15, 0.2) is 0 Å². The summed E-state index contributed by atoms with van der Waals surface area (Å²) in [4.78, 5) is 7.78. The number of nitrogens with zero attached hydrogens (tertiary/aromatic N) is 4. The Bertz CT molecular complexity index is 1050. The van der Waals surface area contributed by atoms with Crippen LogP contribution in [0.2, 0.25) is 0 Å². The van der Waals surface area contributed by atoms with Crippen molar-refractivity contribution in [1.82, 2.24) is 4.57 Å². The van der Waals surface area contributed by atoms with Crippen LogP contribution in [0.5, 0.6) is 0 Å². The Morgan fingerprint density at radius 3 is 2.43 bits per heavy atom. The molecule has 0 aliphatic heterocycles. The Morgan fingerprint density at radius 1 is 1.07 bits per heavy atom. The number of hydrogen-bond acceptors (Lipinski definition) is 4. The molecule has 1 aromatic heterocycles. The second-order valence-electron chi connectivity index (χ2n) is 7.13. The topological polar surface area (TPSA) is 53.5 Å². The van der Waals surface area contributed by atoms with Crippen LogP contribution in [0.4, 0.5) is 5.69 Å². The minimum atomic E-state index is 0.270. The van der Waals surface area contributed by atoms with Crippen molar-refractivity contribution in [2.45, 2.75) is 34.3 Å². The molecule has 0 aliphatic carbocycles. The molecule has 1 heterocycles. The maximum Gasteiger partial charge on any atom is 0.143 e. The lowest BCUT2D eigenvalue weighted by atomic mass is 10.1. The number of hydrogen-bond donors (Lipinski definition) is 0. The number of oxime groups is 1. The first-order valence-corrected chi connectivity index (χ1v) is 10.3. The maximum atomic E-state index is 9.16. The normalized spacial score (nSPS) is 10.9. The Labute approximate surface area is 178 Å². The van der Waals surface area contributed by atoms with Gasteiger partial charge < -0.3 is 14.3 Å². The van der Waals surface area contributed by atoms with Crippen molar-refractivity contribution in [2.24, 2.45) is 5.16 Å². The molecule has 0 aliphatic rings. The molecule has 5 heteroatoms. The van der Waals surface area contributed by atoms with Gasteiger partial charge in [-0.3, -0.25) is 0 Å². The number of aryl methyl sites for hydroxylation is 1. The van der Waals surface area contributed by atoms with Crippen LogP contribution in [0.25, 0.3) is 5.69 Å². The van der Waals surface area contributed by atoms with E-state index in [0.717, 1.165) is 41.3 Å². The first kappa shape index (κ1) is 21.2. The highest BCUT2D eigenvalue weighted by atomic mass is 16.6. The lowest BCUT2D eigenvalue weighted by Gasteiger charge is -2.21. The van der Waals surface area contributed by atoms with Gasteiger partial charge in [0.05, 0.1) is 17.8 Å². The summed E-state index contributed by atoms with van der Waals surface area (Å²) < 4.78 is 2.22. The smallest absolute Gasteiger partial charge is 0.143 e. The average Bonchev–Trinajstić information content (AvgIpc) is 3.06. The number of rotatable bonds is 8. The molecule has 5 nitrogen and oxygen atoms in total. The molecule has 0 radical (unpaired) electrons. The SMILES string of the molecule is CCN(CC)c1ccc(-n2c(C)cc(/C=N\OCc3ccccc3C#N)c2C)cc1. The predicted molar refractivity (Wildman–Crippen MR) is 122 cm³/mol. The Hall–Kier alpha value is -3.52. The molecule has 0 saturated heterocycles. The highest BCUT2D eigenvalue weighted by Gasteiger charge is 2.10. The second kappa shape index (κ2) is 9.80. The standard InChI is InChI=1S/C25H28N4O/c1-5-28(6-2)24-11-13-25(14-12-24)29-19(3)15-23(20(29)4)17-27-30-18-22-10-8-7-9-21(22)16-26/h7-15,17H,5-6,18H2,1-4H3/b27-17-. The van der Waals surface area contributed by atoms with Crippen molar-refractivity contribution in [1.29, 1.82) is 5.26 Å². The van der Waals surface area contributed by atoms with Gasteiger partial charge >= 0.3 is 0 Å². The van der Waals surface area contributed by atoms with E-state index in [1.807, 2.05) is 18.2 Å². The van der Waals surface area contributed by atoms with Gasteiger partial charge in [-0.2, -0.15) is 5.26 Å².